The van der Waals surface area contributed by atoms with Gasteiger partial charge in [0.25, 0.3) is 0 Å². The number of Topliss-reactive ketones (excluding diaryl/α,β-unsaturated/α-hetero) is 1. The van der Waals surface area contributed by atoms with Crippen molar-refractivity contribution in [3.8, 4) is 0 Å². The van der Waals surface area contributed by atoms with Crippen LogP contribution in [0.3, 0.4) is 0 Å². The summed E-state index contributed by atoms with van der Waals surface area (Å²) < 4.78 is 0.816. The lowest BCUT2D eigenvalue weighted by Gasteiger charge is -2.26. The summed E-state index contributed by atoms with van der Waals surface area (Å²) in [5.74, 6) is 0.424. The molecule has 2 rings (SSSR count). The Morgan fingerprint density at radius 1 is 1.24 bits per heavy atom. The maximum absolute atomic E-state index is 12.4. The minimum atomic E-state index is 0. The van der Waals surface area contributed by atoms with Crippen LogP contribution >= 0.6 is 23.2 Å². The van der Waals surface area contributed by atoms with Gasteiger partial charge in [0.2, 0.25) is 0 Å². The number of carbonyl (C=O) groups is 1. The molecule has 2 nitrogen and oxygen atoms in total. The van der Waals surface area contributed by atoms with Crippen LogP contribution in [-0.2, 0) is 4.79 Å². The third-order valence-electron chi connectivity index (χ3n) is 3.50. The molecular weight excluding hydrogens is 420 g/mol. The summed E-state index contributed by atoms with van der Waals surface area (Å²) in [5, 5.41) is 1.06. The third kappa shape index (κ3) is 5.23. The van der Waals surface area contributed by atoms with E-state index in [0.717, 1.165) is 35.0 Å². The summed E-state index contributed by atoms with van der Waals surface area (Å²) in [5.41, 5.74) is 1.84. The molecule has 1 unspecified atom stereocenters. The summed E-state index contributed by atoms with van der Waals surface area (Å²) in [6, 6.07) is 5.46. The van der Waals surface area contributed by atoms with Crippen molar-refractivity contribution in [3.05, 3.63) is 39.4 Å². The predicted molar refractivity (Wildman–Crippen MR) is 85.1 cm³/mol. The molecule has 0 saturated heterocycles. The molecule has 1 aromatic carbocycles. The van der Waals surface area contributed by atoms with Gasteiger partial charge in [0.1, 0.15) is 0 Å². The number of benzene rings is 1. The summed E-state index contributed by atoms with van der Waals surface area (Å²) in [7, 11) is 6.36. The highest BCUT2D eigenvalue weighted by Crippen LogP contribution is 2.31. The Balaban J connectivity index is 0.00000220. The van der Waals surface area contributed by atoms with E-state index in [4.69, 9.17) is 23.2 Å². The molecule has 0 amide bonds. The number of ketones is 1. The molecule has 0 aromatic heterocycles. The van der Waals surface area contributed by atoms with Crippen molar-refractivity contribution in [1.82, 2.24) is 0 Å². The smallest absolute Gasteiger partial charge is 0.167 e. The predicted octanol–water partition coefficient (Wildman–Crippen LogP) is 1.07. The molecular formula is C16H20Cl2INO. The minimum absolute atomic E-state index is 0. The van der Waals surface area contributed by atoms with E-state index in [2.05, 4.69) is 21.1 Å². The van der Waals surface area contributed by atoms with Gasteiger partial charge in [0.05, 0.1) is 43.7 Å². The number of rotatable bonds is 3. The van der Waals surface area contributed by atoms with Crippen LogP contribution in [0, 0.1) is 5.92 Å². The van der Waals surface area contributed by atoms with E-state index in [-0.39, 0.29) is 35.7 Å². The number of quaternary nitrogens is 1. The van der Waals surface area contributed by atoms with E-state index >= 15 is 0 Å². The fourth-order valence-electron chi connectivity index (χ4n) is 2.63. The molecule has 0 radical (unpaired) electrons. The van der Waals surface area contributed by atoms with Gasteiger partial charge in [0, 0.05) is 0 Å². The van der Waals surface area contributed by atoms with Crippen molar-refractivity contribution in [1.29, 1.82) is 0 Å². The van der Waals surface area contributed by atoms with Crippen LogP contribution in [-0.4, -0.2) is 38.0 Å². The van der Waals surface area contributed by atoms with Gasteiger partial charge in [-0.1, -0.05) is 29.3 Å². The van der Waals surface area contributed by atoms with Gasteiger partial charge >= 0.3 is 0 Å². The van der Waals surface area contributed by atoms with E-state index in [1.807, 2.05) is 12.1 Å². The van der Waals surface area contributed by atoms with Crippen LogP contribution in [0.5, 0.6) is 0 Å². The first-order chi connectivity index (χ1) is 9.26. The highest BCUT2D eigenvalue weighted by Gasteiger charge is 2.33. The fourth-order valence-corrected chi connectivity index (χ4v) is 2.93. The molecule has 1 aromatic rings. The number of hydrogen-bond acceptors (Lipinski definition) is 1. The first kappa shape index (κ1) is 18.9. The Hall–Kier alpha value is -0.100. The first-order valence-corrected chi connectivity index (χ1v) is 7.52. The van der Waals surface area contributed by atoms with Crippen LogP contribution < -0.4 is 24.0 Å². The van der Waals surface area contributed by atoms with Crippen molar-refractivity contribution < 1.29 is 33.3 Å². The maximum Gasteiger partial charge on any atom is 0.167 e. The van der Waals surface area contributed by atoms with Crippen LogP contribution in [0.4, 0.5) is 0 Å². The monoisotopic (exact) mass is 439 g/mol. The molecule has 1 saturated carbocycles. The standard InChI is InChI=1S/C16H20Cl2NO.HI/c1-19(2,3)10-13-6-5-12(16(13)20)8-11-4-7-14(17)15(18)9-11;/h4,7-9,13H,5-6,10H2,1-3H3;1H/q+1;/p-1/b12-8+;. The second-order valence-corrected chi connectivity index (χ2v) is 7.23. The zero-order valence-electron chi connectivity index (χ0n) is 12.5. The van der Waals surface area contributed by atoms with Gasteiger partial charge in [-0.2, -0.15) is 0 Å². The van der Waals surface area contributed by atoms with Gasteiger partial charge in [-0.25, -0.2) is 0 Å². The zero-order chi connectivity index (χ0) is 14.9. The van der Waals surface area contributed by atoms with Crippen molar-refractivity contribution in [2.45, 2.75) is 12.8 Å². The molecule has 0 aliphatic heterocycles. The summed E-state index contributed by atoms with van der Waals surface area (Å²) >= 11 is 11.9. The molecule has 1 fully saturated rings. The third-order valence-corrected chi connectivity index (χ3v) is 4.24. The largest absolute Gasteiger partial charge is 1.00 e. The molecule has 1 atom stereocenters. The lowest BCUT2D eigenvalue weighted by Crippen LogP contribution is -3.00. The van der Waals surface area contributed by atoms with Crippen molar-refractivity contribution >= 4 is 35.1 Å². The molecule has 116 valence electrons. The van der Waals surface area contributed by atoms with Gasteiger partial charge in [-0.3, -0.25) is 4.79 Å². The van der Waals surface area contributed by atoms with Crippen molar-refractivity contribution in [2.75, 3.05) is 27.7 Å². The zero-order valence-corrected chi connectivity index (χ0v) is 16.2. The Kier molecular flexibility index (Phi) is 6.72. The molecule has 1 aliphatic rings. The van der Waals surface area contributed by atoms with Gasteiger partial charge in [-0.05, 0) is 42.2 Å². The topological polar surface area (TPSA) is 17.1 Å². The first-order valence-electron chi connectivity index (χ1n) is 6.76. The van der Waals surface area contributed by atoms with Crippen LogP contribution in [0.2, 0.25) is 10.0 Å². The molecule has 0 N–H and O–H groups in total. The van der Waals surface area contributed by atoms with Crippen LogP contribution in [0.1, 0.15) is 18.4 Å². The van der Waals surface area contributed by atoms with Gasteiger partial charge < -0.3 is 28.5 Å². The Morgan fingerprint density at radius 3 is 2.48 bits per heavy atom. The summed E-state index contributed by atoms with van der Waals surface area (Å²) in [6.07, 6.45) is 3.74. The number of allylic oxidation sites excluding steroid dienone is 1. The number of hydrogen-bond donors (Lipinski definition) is 0. The number of halogens is 3. The van der Waals surface area contributed by atoms with Crippen molar-refractivity contribution in [2.24, 2.45) is 5.92 Å². The van der Waals surface area contributed by atoms with E-state index in [0.29, 0.717) is 10.0 Å². The molecule has 1 aliphatic carbocycles. The minimum Gasteiger partial charge on any atom is -1.00 e. The highest BCUT2D eigenvalue weighted by molar-refractivity contribution is 6.42. The SMILES string of the molecule is C[N+](C)(C)CC1CC/C(=C\c2ccc(Cl)c(Cl)c2)C1=O.[I-]. The van der Waals surface area contributed by atoms with Crippen LogP contribution in [0.15, 0.2) is 23.8 Å². The van der Waals surface area contributed by atoms with E-state index in [9.17, 15) is 4.79 Å². The highest BCUT2D eigenvalue weighted by atomic mass is 127. The Morgan fingerprint density at radius 2 is 1.90 bits per heavy atom. The number of carbonyl (C=O) groups excluding carboxylic acids is 1. The van der Waals surface area contributed by atoms with E-state index in [1.165, 1.54) is 0 Å². The average Bonchev–Trinajstić information content (AvgIpc) is 2.65. The second-order valence-electron chi connectivity index (χ2n) is 6.42. The molecule has 0 bridgehead atoms. The van der Waals surface area contributed by atoms with Crippen LogP contribution in [0.25, 0.3) is 6.08 Å². The van der Waals surface area contributed by atoms with E-state index < -0.39 is 0 Å². The maximum atomic E-state index is 12.4. The average molecular weight is 440 g/mol. The molecule has 0 heterocycles. The van der Waals surface area contributed by atoms with Gasteiger partial charge in [-0.15, -0.1) is 0 Å². The fraction of sp³-hybridized carbons (Fsp3) is 0.438. The van der Waals surface area contributed by atoms with E-state index in [1.54, 1.807) is 12.1 Å². The molecule has 0 spiro atoms. The molecule has 21 heavy (non-hydrogen) atoms. The normalized spacial score (nSPS) is 20.7. The number of nitrogens with zero attached hydrogens (tertiary/aromatic N) is 1. The quantitative estimate of drug-likeness (QED) is 0.391. The Bertz CT molecular complexity index is 564. The Labute approximate surface area is 153 Å². The van der Waals surface area contributed by atoms with Gasteiger partial charge in [0.15, 0.2) is 5.78 Å². The molecule has 5 heteroatoms. The summed E-state index contributed by atoms with van der Waals surface area (Å²) in [4.78, 5) is 12.4. The summed E-state index contributed by atoms with van der Waals surface area (Å²) in [6.45, 7) is 0.886. The lowest BCUT2D eigenvalue weighted by atomic mass is 10.0. The lowest BCUT2D eigenvalue weighted by molar-refractivity contribution is -0.872. The second kappa shape index (κ2) is 7.44. The van der Waals surface area contributed by atoms with Crippen molar-refractivity contribution in [3.63, 3.8) is 0 Å².